The van der Waals surface area contributed by atoms with Gasteiger partial charge in [-0.2, -0.15) is 0 Å². The Morgan fingerprint density at radius 3 is 2.64 bits per heavy atom. The molecule has 0 saturated heterocycles. The van der Waals surface area contributed by atoms with Crippen LogP contribution in [-0.4, -0.2) is 26.7 Å². The quantitative estimate of drug-likeness (QED) is 0.582. The largest absolute Gasteiger partial charge is 0.404 e. The van der Waals surface area contributed by atoms with E-state index in [0.29, 0.717) is 15.6 Å². The highest BCUT2D eigenvalue weighted by atomic mass is 79.9. The molecule has 0 aliphatic rings. The Bertz CT molecular complexity index is 657. The SMILES string of the molecule is CC(C)(Cn1cccc1)C(O)C(=O)Oc1nc(Br)ccc1Br. The number of hydrogen-bond acceptors (Lipinski definition) is 4. The number of rotatable bonds is 5. The van der Waals surface area contributed by atoms with E-state index in [-0.39, 0.29) is 5.88 Å². The molecule has 0 radical (unpaired) electrons. The van der Waals surface area contributed by atoms with Crippen LogP contribution in [0.1, 0.15) is 13.8 Å². The molecule has 0 bridgehead atoms. The number of halogens is 2. The maximum absolute atomic E-state index is 12.2. The molecule has 22 heavy (non-hydrogen) atoms. The number of carbonyl (C=O) groups excluding carboxylic acids is 1. The molecule has 0 aromatic carbocycles. The Morgan fingerprint density at radius 1 is 1.36 bits per heavy atom. The van der Waals surface area contributed by atoms with Crippen molar-refractivity contribution < 1.29 is 14.6 Å². The highest BCUT2D eigenvalue weighted by Gasteiger charge is 2.35. The number of aromatic nitrogens is 2. The van der Waals surface area contributed by atoms with Gasteiger partial charge in [0.05, 0.1) is 4.47 Å². The van der Waals surface area contributed by atoms with E-state index >= 15 is 0 Å². The number of pyridine rings is 1. The molecule has 0 saturated carbocycles. The van der Waals surface area contributed by atoms with Gasteiger partial charge in [-0.1, -0.05) is 13.8 Å². The number of esters is 1. The van der Waals surface area contributed by atoms with E-state index in [1.807, 2.05) is 42.9 Å². The van der Waals surface area contributed by atoms with Crippen molar-refractivity contribution in [3.8, 4) is 5.88 Å². The second kappa shape index (κ2) is 6.93. The number of aliphatic hydroxyl groups is 1. The van der Waals surface area contributed by atoms with Crippen molar-refractivity contribution in [3.05, 3.63) is 45.7 Å². The van der Waals surface area contributed by atoms with Crippen LogP contribution in [0.25, 0.3) is 0 Å². The fourth-order valence-corrected chi connectivity index (χ4v) is 2.57. The van der Waals surface area contributed by atoms with E-state index < -0.39 is 17.5 Å². The Hall–Kier alpha value is -1.18. The summed E-state index contributed by atoms with van der Waals surface area (Å²) in [7, 11) is 0. The average molecular weight is 432 g/mol. The molecule has 1 N–H and O–H groups in total. The summed E-state index contributed by atoms with van der Waals surface area (Å²) in [6.07, 6.45) is 2.49. The zero-order valence-corrected chi connectivity index (χ0v) is 15.3. The van der Waals surface area contributed by atoms with Gasteiger partial charge < -0.3 is 14.4 Å². The van der Waals surface area contributed by atoms with Gasteiger partial charge in [-0.25, -0.2) is 9.78 Å². The van der Waals surface area contributed by atoms with Gasteiger partial charge in [0.2, 0.25) is 5.88 Å². The molecular weight excluding hydrogens is 416 g/mol. The van der Waals surface area contributed by atoms with E-state index in [1.54, 1.807) is 12.1 Å². The van der Waals surface area contributed by atoms with Crippen molar-refractivity contribution in [1.29, 1.82) is 0 Å². The third-order valence-corrected chi connectivity index (χ3v) is 4.24. The van der Waals surface area contributed by atoms with Crippen LogP contribution in [0.2, 0.25) is 0 Å². The van der Waals surface area contributed by atoms with E-state index in [9.17, 15) is 9.90 Å². The third kappa shape index (κ3) is 4.18. The number of nitrogens with zero attached hydrogens (tertiary/aromatic N) is 2. The fourth-order valence-electron chi connectivity index (χ4n) is 1.98. The lowest BCUT2D eigenvalue weighted by molar-refractivity contribution is -0.151. The van der Waals surface area contributed by atoms with E-state index in [4.69, 9.17) is 4.74 Å². The molecule has 7 heteroatoms. The summed E-state index contributed by atoms with van der Waals surface area (Å²) < 4.78 is 8.20. The number of carbonyl (C=O) groups is 1. The van der Waals surface area contributed by atoms with Gasteiger partial charge in [0.15, 0.2) is 6.10 Å². The molecule has 2 aromatic rings. The molecule has 0 fully saturated rings. The second-order valence-corrected chi connectivity index (χ2v) is 7.26. The Kier molecular flexibility index (Phi) is 5.41. The third-order valence-electron chi connectivity index (χ3n) is 3.20. The molecule has 1 unspecified atom stereocenters. The van der Waals surface area contributed by atoms with Gasteiger partial charge >= 0.3 is 5.97 Å². The monoisotopic (exact) mass is 430 g/mol. The molecule has 0 aliphatic carbocycles. The first kappa shape index (κ1) is 17.2. The van der Waals surface area contributed by atoms with Crippen LogP contribution in [-0.2, 0) is 11.3 Å². The smallest absolute Gasteiger partial charge is 0.342 e. The summed E-state index contributed by atoms with van der Waals surface area (Å²) in [4.78, 5) is 16.3. The van der Waals surface area contributed by atoms with Crippen LogP contribution in [0.3, 0.4) is 0 Å². The molecular formula is C15H16Br2N2O3. The first-order valence-electron chi connectivity index (χ1n) is 6.62. The summed E-state index contributed by atoms with van der Waals surface area (Å²) in [5.74, 6) is -0.612. The lowest BCUT2D eigenvalue weighted by Crippen LogP contribution is -2.41. The first-order valence-corrected chi connectivity index (χ1v) is 8.21. The predicted molar refractivity (Wildman–Crippen MR) is 89.5 cm³/mol. The maximum Gasteiger partial charge on any atom is 0.342 e. The molecule has 118 valence electrons. The highest BCUT2D eigenvalue weighted by molar-refractivity contribution is 9.11. The van der Waals surface area contributed by atoms with E-state index in [2.05, 4.69) is 36.8 Å². The lowest BCUT2D eigenvalue weighted by Gasteiger charge is -2.29. The van der Waals surface area contributed by atoms with Crippen molar-refractivity contribution in [1.82, 2.24) is 9.55 Å². The van der Waals surface area contributed by atoms with Gasteiger partial charge in [0.25, 0.3) is 0 Å². The van der Waals surface area contributed by atoms with Crippen molar-refractivity contribution in [3.63, 3.8) is 0 Å². The van der Waals surface area contributed by atoms with Crippen LogP contribution >= 0.6 is 31.9 Å². The second-order valence-electron chi connectivity index (χ2n) is 5.59. The van der Waals surface area contributed by atoms with Gasteiger partial charge in [0.1, 0.15) is 4.60 Å². The highest BCUT2D eigenvalue weighted by Crippen LogP contribution is 2.28. The van der Waals surface area contributed by atoms with Crippen LogP contribution in [0, 0.1) is 5.41 Å². The topological polar surface area (TPSA) is 64.4 Å². The first-order chi connectivity index (χ1) is 10.3. The van der Waals surface area contributed by atoms with Crippen molar-refractivity contribution in [2.45, 2.75) is 26.5 Å². The van der Waals surface area contributed by atoms with Gasteiger partial charge in [0, 0.05) is 24.4 Å². The minimum Gasteiger partial charge on any atom is -0.404 e. The summed E-state index contributed by atoms with van der Waals surface area (Å²) in [6, 6.07) is 7.21. The van der Waals surface area contributed by atoms with Gasteiger partial charge in [-0.3, -0.25) is 0 Å². The van der Waals surface area contributed by atoms with Crippen molar-refractivity contribution >= 4 is 37.8 Å². The predicted octanol–water partition coefficient (Wildman–Crippen LogP) is 3.40. The molecule has 2 rings (SSSR count). The average Bonchev–Trinajstić information content (AvgIpc) is 2.94. The molecule has 0 amide bonds. The van der Waals surface area contributed by atoms with Crippen LogP contribution in [0.15, 0.2) is 45.7 Å². The normalized spacial score (nSPS) is 13.0. The summed E-state index contributed by atoms with van der Waals surface area (Å²) in [5.41, 5.74) is -0.686. The summed E-state index contributed by atoms with van der Waals surface area (Å²) in [5, 5.41) is 10.3. The summed E-state index contributed by atoms with van der Waals surface area (Å²) >= 11 is 6.47. The van der Waals surface area contributed by atoms with Crippen molar-refractivity contribution in [2.75, 3.05) is 0 Å². The molecule has 5 nitrogen and oxygen atoms in total. The van der Waals surface area contributed by atoms with Crippen LogP contribution in [0.5, 0.6) is 5.88 Å². The standard InChI is InChI=1S/C15H16Br2N2O3/c1-15(2,9-19-7-3-4-8-19)12(20)14(21)22-13-10(16)5-6-11(17)18-13/h3-8,12,20H,9H2,1-2H3. The maximum atomic E-state index is 12.2. The van der Waals surface area contributed by atoms with E-state index in [1.165, 1.54) is 0 Å². The van der Waals surface area contributed by atoms with Crippen LogP contribution in [0.4, 0.5) is 0 Å². The molecule has 0 spiro atoms. The molecule has 2 aromatic heterocycles. The van der Waals surface area contributed by atoms with Gasteiger partial charge in [-0.05, 0) is 56.1 Å². The summed E-state index contributed by atoms with van der Waals surface area (Å²) in [6.45, 7) is 4.11. The molecule has 0 aliphatic heterocycles. The number of aliphatic hydroxyl groups excluding tert-OH is 1. The lowest BCUT2D eigenvalue weighted by atomic mass is 9.86. The minimum atomic E-state index is -1.28. The van der Waals surface area contributed by atoms with Crippen molar-refractivity contribution in [2.24, 2.45) is 5.41 Å². The van der Waals surface area contributed by atoms with Crippen LogP contribution < -0.4 is 4.74 Å². The molecule has 2 heterocycles. The fraction of sp³-hybridized carbons (Fsp3) is 0.333. The zero-order chi connectivity index (χ0) is 16.3. The number of ether oxygens (including phenoxy) is 1. The number of hydrogen-bond donors (Lipinski definition) is 1. The van der Waals surface area contributed by atoms with E-state index in [0.717, 1.165) is 0 Å². The Labute approximate surface area is 145 Å². The Morgan fingerprint density at radius 2 is 2.00 bits per heavy atom. The molecule has 1 atom stereocenters. The van der Waals surface area contributed by atoms with Gasteiger partial charge in [-0.15, -0.1) is 0 Å². The minimum absolute atomic E-state index is 0.121. The zero-order valence-electron chi connectivity index (χ0n) is 12.2. The Balaban J connectivity index is 2.09.